The van der Waals surface area contributed by atoms with Crippen LogP contribution < -0.4 is 0 Å². The van der Waals surface area contributed by atoms with Crippen molar-refractivity contribution in [3.05, 3.63) is 108 Å². The van der Waals surface area contributed by atoms with Crippen molar-refractivity contribution in [2.24, 2.45) is 0 Å². The molecule has 202 valence electrons. The molecule has 2 aliphatic heterocycles. The molecule has 1 fully saturated rings. The molecule has 6 heteroatoms. The van der Waals surface area contributed by atoms with Crippen molar-refractivity contribution < 1.29 is 14.7 Å². The molecule has 40 heavy (non-hydrogen) atoms. The second kappa shape index (κ2) is 11.4. The highest BCUT2D eigenvalue weighted by Crippen LogP contribution is 2.39. The average Bonchev–Trinajstić information content (AvgIpc) is 3.14. The molecule has 3 heterocycles. The topological polar surface area (TPSA) is 83.4 Å². The van der Waals surface area contributed by atoms with Crippen LogP contribution in [0.15, 0.2) is 85.0 Å². The Labute approximate surface area is 234 Å². The van der Waals surface area contributed by atoms with Crippen LogP contribution in [0.5, 0.6) is 0 Å². The maximum Gasteiger partial charge on any atom is 0.303 e. The first-order valence-electron chi connectivity index (χ1n) is 14.2. The maximum absolute atomic E-state index is 13.8. The van der Waals surface area contributed by atoms with Crippen molar-refractivity contribution >= 4 is 34.1 Å². The summed E-state index contributed by atoms with van der Waals surface area (Å²) in [6.07, 6.45) is 18.3. The molecule has 1 N–H and O–H groups in total. The molecule has 2 aromatic carbocycles. The number of unbranched alkanes of at least 4 members (excludes halogenated alkanes) is 1. The Balaban J connectivity index is 1.29. The zero-order chi connectivity index (χ0) is 27.5. The van der Waals surface area contributed by atoms with Gasteiger partial charge in [-0.2, -0.15) is 0 Å². The summed E-state index contributed by atoms with van der Waals surface area (Å²) in [5.41, 5.74) is 7.34. The number of hydrogen-bond acceptors (Lipinski definition) is 4. The van der Waals surface area contributed by atoms with Gasteiger partial charge in [-0.1, -0.05) is 66.8 Å². The number of rotatable bonds is 8. The summed E-state index contributed by atoms with van der Waals surface area (Å²) in [5, 5.41) is 9.05. The van der Waals surface area contributed by atoms with Gasteiger partial charge in [-0.3, -0.25) is 9.59 Å². The summed E-state index contributed by atoms with van der Waals surface area (Å²) in [6, 6.07) is 16.4. The largest absolute Gasteiger partial charge is 0.481 e. The standard InChI is InChI=1S/C34H33N3O3/c38-32(39)15-9-8-14-30-33(24-12-4-1-2-5-13-24)36-29-19-16-25(22-31(29)35-30)34(40)37-27-17-18-28(37)21-26(20-27)23-10-6-3-7-11-23/h1-4,6-7,10-13,16,19-20,22,27-28H,5,8-9,14-15,17-18,21H2,(H,38,39). The van der Waals surface area contributed by atoms with Gasteiger partial charge in [-0.05, 0) is 79.9 Å². The van der Waals surface area contributed by atoms with Crippen LogP contribution in [0.1, 0.15) is 72.3 Å². The molecule has 1 saturated heterocycles. The number of benzene rings is 2. The van der Waals surface area contributed by atoms with Crippen molar-refractivity contribution in [2.75, 3.05) is 0 Å². The maximum atomic E-state index is 13.8. The number of aryl methyl sites for hydroxylation is 1. The van der Waals surface area contributed by atoms with E-state index in [-0.39, 0.29) is 24.4 Å². The Morgan fingerprint density at radius 2 is 1.85 bits per heavy atom. The number of fused-ring (bicyclic) bond motifs is 3. The fourth-order valence-electron chi connectivity index (χ4n) is 6.12. The molecular formula is C34H33N3O3. The highest BCUT2D eigenvalue weighted by atomic mass is 16.4. The van der Waals surface area contributed by atoms with Gasteiger partial charge in [0.15, 0.2) is 0 Å². The fraction of sp³-hybridized carbons (Fsp3) is 0.294. The van der Waals surface area contributed by atoms with E-state index in [2.05, 4.69) is 47.4 Å². The van der Waals surface area contributed by atoms with Crippen LogP contribution in [-0.2, 0) is 11.2 Å². The van der Waals surface area contributed by atoms with E-state index >= 15 is 0 Å². The Hall–Kier alpha value is -4.32. The van der Waals surface area contributed by atoms with E-state index in [4.69, 9.17) is 15.1 Å². The quantitative estimate of drug-likeness (QED) is 0.324. The summed E-state index contributed by atoms with van der Waals surface area (Å²) in [7, 11) is 0. The number of amides is 1. The molecule has 1 amide bonds. The van der Waals surface area contributed by atoms with Crippen LogP contribution in [0.3, 0.4) is 0 Å². The van der Waals surface area contributed by atoms with Gasteiger partial charge in [0.25, 0.3) is 5.91 Å². The molecule has 2 bridgehead atoms. The number of carboxylic acid groups (broad SMARTS) is 1. The van der Waals surface area contributed by atoms with Gasteiger partial charge in [0, 0.05) is 18.0 Å². The lowest BCUT2D eigenvalue weighted by atomic mass is 9.94. The normalized spacial score (nSPS) is 19.9. The Morgan fingerprint density at radius 3 is 2.67 bits per heavy atom. The predicted molar refractivity (Wildman–Crippen MR) is 158 cm³/mol. The second-order valence-corrected chi connectivity index (χ2v) is 10.8. The predicted octanol–water partition coefficient (Wildman–Crippen LogP) is 6.79. The number of carbonyl (C=O) groups excluding carboxylic acids is 1. The van der Waals surface area contributed by atoms with Crippen LogP contribution in [0.25, 0.3) is 22.2 Å². The third-order valence-corrected chi connectivity index (χ3v) is 8.08. The van der Waals surface area contributed by atoms with Gasteiger partial charge in [0.2, 0.25) is 0 Å². The van der Waals surface area contributed by atoms with Crippen LogP contribution in [0, 0.1) is 0 Å². The molecule has 1 aromatic heterocycles. The van der Waals surface area contributed by atoms with E-state index in [1.807, 2.05) is 42.5 Å². The molecular weight excluding hydrogens is 498 g/mol. The van der Waals surface area contributed by atoms with Gasteiger partial charge < -0.3 is 10.0 Å². The Kier molecular flexibility index (Phi) is 7.41. The lowest BCUT2D eigenvalue weighted by Crippen LogP contribution is -2.42. The van der Waals surface area contributed by atoms with E-state index < -0.39 is 5.97 Å². The summed E-state index contributed by atoms with van der Waals surface area (Å²) < 4.78 is 0. The lowest BCUT2D eigenvalue weighted by molar-refractivity contribution is -0.137. The molecule has 3 aliphatic rings. The molecule has 2 unspecified atom stereocenters. The minimum absolute atomic E-state index is 0.0483. The zero-order valence-corrected chi connectivity index (χ0v) is 22.5. The smallest absolute Gasteiger partial charge is 0.303 e. The molecule has 6 nitrogen and oxygen atoms in total. The molecule has 2 atom stereocenters. The molecule has 0 saturated carbocycles. The summed E-state index contributed by atoms with van der Waals surface area (Å²) in [5.74, 6) is -0.738. The summed E-state index contributed by atoms with van der Waals surface area (Å²) in [6.45, 7) is 0. The van der Waals surface area contributed by atoms with Crippen molar-refractivity contribution in [3.8, 4) is 0 Å². The van der Waals surface area contributed by atoms with Gasteiger partial charge in [-0.15, -0.1) is 0 Å². The second-order valence-electron chi connectivity index (χ2n) is 10.8. The SMILES string of the molecule is O=C(O)CCCCc1nc2cc(C(=O)N3C4C=C(c5ccccc5)CC3CC4)ccc2nc1C1=CCC=CC=C1. The number of aromatic nitrogens is 2. The van der Waals surface area contributed by atoms with E-state index in [0.717, 1.165) is 48.2 Å². The van der Waals surface area contributed by atoms with Crippen molar-refractivity contribution in [2.45, 2.75) is 63.5 Å². The highest BCUT2D eigenvalue weighted by Gasteiger charge is 2.40. The third kappa shape index (κ3) is 5.39. The number of allylic oxidation sites excluding steroid dienone is 6. The monoisotopic (exact) mass is 531 g/mol. The first-order chi connectivity index (χ1) is 19.6. The third-order valence-electron chi connectivity index (χ3n) is 8.08. The first kappa shape index (κ1) is 25.9. The van der Waals surface area contributed by atoms with Gasteiger partial charge in [0.05, 0.1) is 28.5 Å². The molecule has 0 spiro atoms. The number of aliphatic carboxylic acids is 1. The highest BCUT2D eigenvalue weighted by molar-refractivity contribution is 5.98. The van der Waals surface area contributed by atoms with Crippen LogP contribution in [-0.4, -0.2) is 43.9 Å². The van der Waals surface area contributed by atoms with Gasteiger partial charge >= 0.3 is 5.97 Å². The van der Waals surface area contributed by atoms with E-state index in [1.54, 1.807) is 0 Å². The lowest BCUT2D eigenvalue weighted by Gasteiger charge is -2.34. The van der Waals surface area contributed by atoms with Gasteiger partial charge in [-0.25, -0.2) is 9.97 Å². The summed E-state index contributed by atoms with van der Waals surface area (Å²) in [4.78, 5) is 36.9. The molecule has 3 aromatic rings. The van der Waals surface area contributed by atoms with E-state index in [1.165, 1.54) is 11.1 Å². The van der Waals surface area contributed by atoms with Crippen LogP contribution in [0.4, 0.5) is 0 Å². The molecule has 0 radical (unpaired) electrons. The van der Waals surface area contributed by atoms with Crippen molar-refractivity contribution in [1.82, 2.24) is 14.9 Å². The number of carboxylic acids is 1. The number of nitrogens with zero attached hydrogens (tertiary/aromatic N) is 3. The zero-order valence-electron chi connectivity index (χ0n) is 22.5. The Morgan fingerprint density at radius 1 is 0.975 bits per heavy atom. The minimum Gasteiger partial charge on any atom is -0.481 e. The number of carbonyl (C=O) groups is 2. The van der Waals surface area contributed by atoms with Crippen molar-refractivity contribution in [1.29, 1.82) is 0 Å². The van der Waals surface area contributed by atoms with Gasteiger partial charge in [0.1, 0.15) is 0 Å². The number of hydrogen-bond donors (Lipinski definition) is 1. The first-order valence-corrected chi connectivity index (χ1v) is 14.2. The van der Waals surface area contributed by atoms with Crippen molar-refractivity contribution in [3.63, 3.8) is 0 Å². The molecule has 6 rings (SSSR count). The fourth-order valence-corrected chi connectivity index (χ4v) is 6.12. The van der Waals surface area contributed by atoms with Crippen LogP contribution >= 0.6 is 0 Å². The Bertz CT molecular complexity index is 1570. The summed E-state index contributed by atoms with van der Waals surface area (Å²) >= 11 is 0. The average molecular weight is 532 g/mol. The van der Waals surface area contributed by atoms with E-state index in [9.17, 15) is 9.59 Å². The van der Waals surface area contributed by atoms with Crippen LogP contribution in [0.2, 0.25) is 0 Å². The minimum atomic E-state index is -0.786. The molecule has 1 aliphatic carbocycles. The van der Waals surface area contributed by atoms with E-state index in [0.29, 0.717) is 30.3 Å².